The van der Waals surface area contributed by atoms with Crippen molar-refractivity contribution >= 4 is 5.91 Å². The van der Waals surface area contributed by atoms with Crippen molar-refractivity contribution < 1.29 is 14.1 Å². The Balaban J connectivity index is 1.17. The number of amides is 1. The van der Waals surface area contributed by atoms with E-state index in [-0.39, 0.29) is 11.9 Å². The molecule has 184 valence electrons. The lowest BCUT2D eigenvalue weighted by molar-refractivity contribution is 0.0341. The van der Waals surface area contributed by atoms with Crippen LogP contribution >= 0.6 is 0 Å². The number of aromatic nitrogens is 2. The lowest BCUT2D eigenvalue weighted by Gasteiger charge is -2.36. The van der Waals surface area contributed by atoms with Crippen LogP contribution in [0.1, 0.15) is 40.3 Å². The molecule has 0 radical (unpaired) electrons. The Bertz CT molecular complexity index is 1130. The number of rotatable bonds is 6. The maximum atomic E-state index is 13.2. The first-order valence-corrected chi connectivity index (χ1v) is 12.4. The molecule has 2 aliphatic rings. The SMILES string of the molecule is Cc1ccc(-c2noc(C(C)N3CCN(C(=O)c4cccc(CN5CCOCC5)c4)CC3)n2)cc1. The monoisotopic (exact) mass is 475 g/mol. The average molecular weight is 476 g/mol. The van der Waals surface area contributed by atoms with Crippen molar-refractivity contribution in [3.63, 3.8) is 0 Å². The molecular formula is C27H33N5O3. The Morgan fingerprint density at radius 3 is 2.49 bits per heavy atom. The molecule has 0 N–H and O–H groups in total. The molecule has 1 unspecified atom stereocenters. The fourth-order valence-electron chi connectivity index (χ4n) is 4.70. The normalized spacial score (nSPS) is 18.5. The number of carbonyl (C=O) groups excluding carboxylic acids is 1. The van der Waals surface area contributed by atoms with E-state index in [1.54, 1.807) is 0 Å². The highest BCUT2D eigenvalue weighted by Crippen LogP contribution is 2.24. The summed E-state index contributed by atoms with van der Waals surface area (Å²) in [7, 11) is 0. The molecule has 2 aromatic carbocycles. The van der Waals surface area contributed by atoms with E-state index >= 15 is 0 Å². The van der Waals surface area contributed by atoms with Gasteiger partial charge in [0.05, 0.1) is 19.3 Å². The number of morpholine rings is 1. The number of piperazine rings is 1. The van der Waals surface area contributed by atoms with E-state index in [1.165, 1.54) is 11.1 Å². The number of benzene rings is 2. The van der Waals surface area contributed by atoms with E-state index in [2.05, 4.69) is 39.9 Å². The summed E-state index contributed by atoms with van der Waals surface area (Å²) in [6.45, 7) is 11.3. The first-order chi connectivity index (χ1) is 17.1. The number of hydrogen-bond donors (Lipinski definition) is 0. The zero-order valence-corrected chi connectivity index (χ0v) is 20.5. The quantitative estimate of drug-likeness (QED) is 0.541. The van der Waals surface area contributed by atoms with E-state index in [4.69, 9.17) is 9.26 Å². The molecule has 2 fully saturated rings. The number of aryl methyl sites for hydroxylation is 1. The third-order valence-electron chi connectivity index (χ3n) is 6.94. The van der Waals surface area contributed by atoms with Crippen LogP contribution in [0.4, 0.5) is 0 Å². The maximum Gasteiger partial charge on any atom is 0.253 e. The molecule has 0 spiro atoms. The van der Waals surface area contributed by atoms with Gasteiger partial charge in [-0.1, -0.05) is 47.1 Å². The molecule has 2 saturated heterocycles. The molecule has 0 bridgehead atoms. The molecule has 2 aliphatic heterocycles. The van der Waals surface area contributed by atoms with Gasteiger partial charge in [0.2, 0.25) is 11.7 Å². The third kappa shape index (κ3) is 5.61. The van der Waals surface area contributed by atoms with Gasteiger partial charge in [-0.15, -0.1) is 0 Å². The van der Waals surface area contributed by atoms with E-state index in [1.807, 2.05) is 47.4 Å². The topological polar surface area (TPSA) is 74.9 Å². The predicted octanol–water partition coefficient (Wildman–Crippen LogP) is 3.40. The molecular weight excluding hydrogens is 442 g/mol. The second kappa shape index (κ2) is 10.7. The summed E-state index contributed by atoms with van der Waals surface area (Å²) in [5, 5.41) is 4.18. The molecule has 3 aromatic rings. The van der Waals surface area contributed by atoms with E-state index in [9.17, 15) is 4.79 Å². The molecule has 0 saturated carbocycles. The van der Waals surface area contributed by atoms with Crippen LogP contribution in [0.25, 0.3) is 11.4 Å². The summed E-state index contributed by atoms with van der Waals surface area (Å²) in [6, 6.07) is 16.2. The molecule has 1 atom stereocenters. The van der Waals surface area contributed by atoms with Crippen molar-refractivity contribution in [2.24, 2.45) is 0 Å². The Morgan fingerprint density at radius 2 is 1.74 bits per heavy atom. The van der Waals surface area contributed by atoms with Gasteiger partial charge in [-0.2, -0.15) is 4.98 Å². The van der Waals surface area contributed by atoms with Crippen LogP contribution in [0.2, 0.25) is 0 Å². The second-order valence-corrected chi connectivity index (χ2v) is 9.42. The second-order valence-electron chi connectivity index (χ2n) is 9.42. The molecule has 0 aliphatic carbocycles. The van der Waals surface area contributed by atoms with Crippen LogP contribution in [0.5, 0.6) is 0 Å². The highest BCUT2D eigenvalue weighted by molar-refractivity contribution is 5.94. The van der Waals surface area contributed by atoms with Crippen LogP contribution in [-0.2, 0) is 11.3 Å². The van der Waals surface area contributed by atoms with Crippen LogP contribution in [0, 0.1) is 6.92 Å². The minimum Gasteiger partial charge on any atom is -0.379 e. The van der Waals surface area contributed by atoms with E-state index < -0.39 is 0 Å². The Kier molecular flexibility index (Phi) is 7.22. The van der Waals surface area contributed by atoms with Crippen molar-refractivity contribution in [2.45, 2.75) is 26.4 Å². The zero-order valence-electron chi connectivity index (χ0n) is 20.5. The molecule has 35 heavy (non-hydrogen) atoms. The maximum absolute atomic E-state index is 13.2. The number of ether oxygens (including phenoxy) is 1. The van der Waals surface area contributed by atoms with Gasteiger partial charge in [0.15, 0.2) is 0 Å². The van der Waals surface area contributed by atoms with E-state index in [0.717, 1.165) is 57.1 Å². The third-order valence-corrected chi connectivity index (χ3v) is 6.94. The average Bonchev–Trinajstić information content (AvgIpc) is 3.39. The summed E-state index contributed by atoms with van der Waals surface area (Å²) in [5.41, 5.74) is 4.08. The summed E-state index contributed by atoms with van der Waals surface area (Å²) >= 11 is 0. The lowest BCUT2D eigenvalue weighted by atomic mass is 10.1. The fourth-order valence-corrected chi connectivity index (χ4v) is 4.70. The van der Waals surface area contributed by atoms with Gasteiger partial charge >= 0.3 is 0 Å². The van der Waals surface area contributed by atoms with Gasteiger partial charge in [-0.3, -0.25) is 14.6 Å². The molecule has 1 aromatic heterocycles. The highest BCUT2D eigenvalue weighted by atomic mass is 16.5. The van der Waals surface area contributed by atoms with Crippen molar-refractivity contribution in [2.75, 3.05) is 52.5 Å². The Hall–Kier alpha value is -3.07. The lowest BCUT2D eigenvalue weighted by Crippen LogP contribution is -2.49. The van der Waals surface area contributed by atoms with Crippen molar-refractivity contribution in [3.05, 3.63) is 71.1 Å². The van der Waals surface area contributed by atoms with E-state index in [0.29, 0.717) is 24.8 Å². The molecule has 3 heterocycles. The van der Waals surface area contributed by atoms with Crippen molar-refractivity contribution in [1.29, 1.82) is 0 Å². The summed E-state index contributed by atoms with van der Waals surface area (Å²) in [6.07, 6.45) is 0. The number of hydrogen-bond acceptors (Lipinski definition) is 7. The minimum absolute atomic E-state index is 0.00389. The smallest absolute Gasteiger partial charge is 0.253 e. The molecule has 8 heteroatoms. The first-order valence-electron chi connectivity index (χ1n) is 12.4. The number of nitrogens with zero attached hydrogens (tertiary/aromatic N) is 5. The fraction of sp³-hybridized carbons (Fsp3) is 0.444. The van der Waals surface area contributed by atoms with Gasteiger partial charge in [-0.25, -0.2) is 0 Å². The van der Waals surface area contributed by atoms with Crippen LogP contribution in [0.15, 0.2) is 53.1 Å². The van der Waals surface area contributed by atoms with Crippen molar-refractivity contribution in [1.82, 2.24) is 24.8 Å². The van der Waals surface area contributed by atoms with Gasteiger partial charge in [0.25, 0.3) is 5.91 Å². The minimum atomic E-state index is -0.00389. The first kappa shape index (κ1) is 23.7. The van der Waals surface area contributed by atoms with Crippen molar-refractivity contribution in [3.8, 4) is 11.4 Å². The highest BCUT2D eigenvalue weighted by Gasteiger charge is 2.28. The number of carbonyl (C=O) groups is 1. The molecule has 5 rings (SSSR count). The standard InChI is InChI=1S/C27H33N5O3/c1-20-6-8-23(9-7-20)25-28-26(35-29-25)21(2)31-10-12-32(13-11-31)27(33)24-5-3-4-22(18-24)19-30-14-16-34-17-15-30/h3-9,18,21H,10-17,19H2,1-2H3. The molecule has 8 nitrogen and oxygen atoms in total. The summed E-state index contributed by atoms with van der Waals surface area (Å²) in [4.78, 5) is 24.5. The largest absolute Gasteiger partial charge is 0.379 e. The van der Waals surface area contributed by atoms with Gasteiger partial charge in [-0.05, 0) is 31.5 Å². The van der Waals surface area contributed by atoms with Crippen LogP contribution in [-0.4, -0.2) is 83.2 Å². The Morgan fingerprint density at radius 1 is 1.00 bits per heavy atom. The van der Waals surface area contributed by atoms with Crippen LogP contribution in [0.3, 0.4) is 0 Å². The molecule has 1 amide bonds. The van der Waals surface area contributed by atoms with Gasteiger partial charge < -0.3 is 14.2 Å². The predicted molar refractivity (Wildman–Crippen MR) is 133 cm³/mol. The Labute approximate surface area is 206 Å². The van der Waals surface area contributed by atoms with Gasteiger partial charge in [0.1, 0.15) is 0 Å². The summed E-state index contributed by atoms with van der Waals surface area (Å²) < 4.78 is 11.0. The zero-order chi connectivity index (χ0) is 24.2. The summed E-state index contributed by atoms with van der Waals surface area (Å²) in [5.74, 6) is 1.31. The van der Waals surface area contributed by atoms with Crippen LogP contribution < -0.4 is 0 Å². The van der Waals surface area contributed by atoms with Gasteiger partial charge in [0, 0.05) is 56.9 Å².